The number of hydrogen-bond acceptors (Lipinski definition) is 2. The van der Waals surface area contributed by atoms with Gasteiger partial charge in [-0.1, -0.05) is 32.5 Å². The molecule has 60 valence electrons. The first-order valence-corrected chi connectivity index (χ1v) is 4.39. The van der Waals surface area contributed by atoms with Crippen molar-refractivity contribution in [3.63, 3.8) is 0 Å². The summed E-state index contributed by atoms with van der Waals surface area (Å²) in [6.07, 6.45) is 1.13. The summed E-state index contributed by atoms with van der Waals surface area (Å²) in [5, 5.41) is 3.13. The van der Waals surface area contributed by atoms with E-state index >= 15 is 0 Å². The van der Waals surface area contributed by atoms with Crippen LogP contribution in [0.2, 0.25) is 0 Å². The minimum Gasteiger partial charge on any atom is -0.312 e. The number of rotatable bonds is 4. The third kappa shape index (κ3) is 2.99. The average Bonchev–Trinajstić information content (AvgIpc) is 1.88. The molecule has 0 rings (SSSR count). The van der Waals surface area contributed by atoms with Gasteiger partial charge >= 0.3 is 0 Å². The Hall–Kier alpha value is 0.400. The third-order valence-corrected chi connectivity index (χ3v) is 2.32. The van der Waals surface area contributed by atoms with E-state index in [9.17, 15) is 0 Å². The molecule has 0 aliphatic rings. The van der Waals surface area contributed by atoms with Crippen LogP contribution in [0, 0.1) is 5.92 Å². The fourth-order valence-electron chi connectivity index (χ4n) is 0.887. The lowest BCUT2D eigenvalue weighted by atomic mass is 10.0. The minimum absolute atomic E-state index is 0.281. The van der Waals surface area contributed by atoms with Gasteiger partial charge in [0, 0.05) is 0 Å². The molecule has 0 saturated carbocycles. The van der Waals surface area contributed by atoms with Crippen molar-refractivity contribution < 1.29 is 0 Å². The van der Waals surface area contributed by atoms with Crippen LogP contribution in [-0.2, 0) is 0 Å². The number of hydrogen-bond donors (Lipinski definition) is 2. The van der Waals surface area contributed by atoms with Crippen molar-refractivity contribution in [2.24, 2.45) is 5.92 Å². The van der Waals surface area contributed by atoms with Gasteiger partial charge in [0.15, 0.2) is 0 Å². The summed E-state index contributed by atoms with van der Waals surface area (Å²) in [7, 11) is 1.92. The van der Waals surface area contributed by atoms with Crippen LogP contribution < -0.4 is 5.32 Å². The monoisotopic (exact) mass is 177 g/mol. The molecule has 0 aliphatic carbocycles. The lowest BCUT2D eigenvalue weighted by Gasteiger charge is -2.20. The molecular weight excluding hydrogens is 162 g/mol. The first-order valence-electron chi connectivity index (χ1n) is 3.53. The first-order chi connectivity index (χ1) is 4.63. The zero-order valence-corrected chi connectivity index (χ0v) is 8.43. The fourth-order valence-corrected chi connectivity index (χ4v) is 1.62. The second-order valence-electron chi connectivity index (χ2n) is 2.49. The first kappa shape index (κ1) is 10.4. The lowest BCUT2D eigenvalue weighted by Crippen LogP contribution is -2.36. The molecule has 0 radical (unpaired) electrons. The summed E-state index contributed by atoms with van der Waals surface area (Å²) in [4.78, 5) is 0. The van der Waals surface area contributed by atoms with Gasteiger partial charge in [-0.25, -0.2) is 0 Å². The van der Waals surface area contributed by atoms with Gasteiger partial charge in [0.25, 0.3) is 0 Å². The van der Waals surface area contributed by atoms with Crippen molar-refractivity contribution in [3.05, 3.63) is 0 Å². The number of thiocarbonyl (C=S) groups is 1. The maximum atomic E-state index is 4.96. The molecule has 0 heterocycles. The van der Waals surface area contributed by atoms with Crippen molar-refractivity contribution in [2.45, 2.75) is 26.3 Å². The Morgan fingerprint density at radius 2 is 2.20 bits per heavy atom. The lowest BCUT2D eigenvalue weighted by molar-refractivity contribution is 0.476. The second-order valence-corrected chi connectivity index (χ2v) is 3.71. The van der Waals surface area contributed by atoms with E-state index in [4.69, 9.17) is 12.2 Å². The van der Waals surface area contributed by atoms with Crippen molar-refractivity contribution >= 4 is 29.0 Å². The Balaban J connectivity index is 3.92. The summed E-state index contributed by atoms with van der Waals surface area (Å²) in [6.45, 7) is 4.32. The molecule has 0 saturated heterocycles. The van der Waals surface area contributed by atoms with Crippen LogP contribution in [0.4, 0.5) is 0 Å². The Morgan fingerprint density at radius 1 is 1.70 bits per heavy atom. The fraction of sp³-hybridized carbons (Fsp3) is 0.857. The van der Waals surface area contributed by atoms with Gasteiger partial charge < -0.3 is 5.32 Å². The largest absolute Gasteiger partial charge is 0.312 e. The molecule has 0 unspecified atom stereocenters. The highest BCUT2D eigenvalue weighted by molar-refractivity contribution is 8.11. The molecule has 0 bridgehead atoms. The summed E-state index contributed by atoms with van der Waals surface area (Å²) < 4.78 is 0.761. The van der Waals surface area contributed by atoms with Gasteiger partial charge in [0.05, 0.1) is 10.2 Å². The maximum Gasteiger partial charge on any atom is 0.0620 e. The highest BCUT2D eigenvalue weighted by Gasteiger charge is 2.15. The quantitative estimate of drug-likeness (QED) is 0.502. The molecule has 0 spiro atoms. The summed E-state index contributed by atoms with van der Waals surface area (Å²) >= 11 is 9.10. The van der Waals surface area contributed by atoms with Crippen LogP contribution in [-0.4, -0.2) is 17.3 Å². The van der Waals surface area contributed by atoms with Crippen molar-refractivity contribution in [3.8, 4) is 0 Å². The molecule has 0 amide bonds. The molecule has 2 atom stereocenters. The SMILES string of the molecule is CC[C@H](C)[C@H](NC)C(=S)S. The van der Waals surface area contributed by atoms with Gasteiger partial charge in [-0.3, -0.25) is 0 Å². The second kappa shape index (κ2) is 5.10. The standard InChI is InChI=1S/C7H15NS2/c1-4-5(2)6(8-3)7(9)10/h5-6,8H,4H2,1-3H3,(H,9,10)/t5-,6-/m0/s1. The molecule has 0 aromatic rings. The summed E-state index contributed by atoms with van der Waals surface area (Å²) in [5.74, 6) is 0.579. The van der Waals surface area contributed by atoms with Crippen LogP contribution in [0.3, 0.4) is 0 Å². The Labute approximate surface area is 74.0 Å². The average molecular weight is 177 g/mol. The molecule has 0 aliphatic heterocycles. The van der Waals surface area contributed by atoms with E-state index in [-0.39, 0.29) is 6.04 Å². The Bertz CT molecular complexity index is 114. The topological polar surface area (TPSA) is 12.0 Å². The predicted octanol–water partition coefficient (Wildman–Crippen LogP) is 1.88. The van der Waals surface area contributed by atoms with E-state index < -0.39 is 0 Å². The molecule has 1 N–H and O–H groups in total. The van der Waals surface area contributed by atoms with Crippen LogP contribution in [0.5, 0.6) is 0 Å². The van der Waals surface area contributed by atoms with E-state index in [1.807, 2.05) is 7.05 Å². The van der Waals surface area contributed by atoms with Crippen molar-refractivity contribution in [1.82, 2.24) is 5.32 Å². The Morgan fingerprint density at radius 3 is 2.30 bits per heavy atom. The number of nitrogens with one attached hydrogen (secondary N) is 1. The normalized spacial score (nSPS) is 16.4. The molecule has 0 aromatic carbocycles. The third-order valence-electron chi connectivity index (χ3n) is 1.79. The smallest absolute Gasteiger partial charge is 0.0620 e. The van der Waals surface area contributed by atoms with Gasteiger partial charge in [0.2, 0.25) is 0 Å². The molecule has 1 nitrogen and oxygen atoms in total. The maximum absolute atomic E-state index is 4.96. The van der Waals surface area contributed by atoms with E-state index in [0.29, 0.717) is 5.92 Å². The Kier molecular flexibility index (Phi) is 5.31. The minimum atomic E-state index is 0.281. The zero-order chi connectivity index (χ0) is 8.15. The zero-order valence-electron chi connectivity index (χ0n) is 6.72. The van der Waals surface area contributed by atoms with Crippen molar-refractivity contribution in [2.75, 3.05) is 7.05 Å². The van der Waals surface area contributed by atoms with Crippen LogP contribution in [0.1, 0.15) is 20.3 Å². The van der Waals surface area contributed by atoms with E-state index in [0.717, 1.165) is 10.6 Å². The van der Waals surface area contributed by atoms with E-state index in [1.54, 1.807) is 0 Å². The van der Waals surface area contributed by atoms with Crippen LogP contribution >= 0.6 is 24.8 Å². The predicted molar refractivity (Wildman–Crippen MR) is 53.9 cm³/mol. The van der Waals surface area contributed by atoms with Gasteiger partial charge in [-0.05, 0) is 13.0 Å². The summed E-state index contributed by atoms with van der Waals surface area (Å²) in [6, 6.07) is 0.281. The molecule has 10 heavy (non-hydrogen) atoms. The van der Waals surface area contributed by atoms with Gasteiger partial charge in [0.1, 0.15) is 0 Å². The molecular formula is C7H15NS2. The molecule has 0 aromatic heterocycles. The molecule has 0 fully saturated rings. The number of thiol groups is 1. The van der Waals surface area contributed by atoms with Gasteiger partial charge in [-0.15, -0.1) is 12.6 Å². The van der Waals surface area contributed by atoms with Gasteiger partial charge in [-0.2, -0.15) is 0 Å². The van der Waals surface area contributed by atoms with E-state index in [1.165, 1.54) is 0 Å². The van der Waals surface area contributed by atoms with Crippen molar-refractivity contribution in [1.29, 1.82) is 0 Å². The van der Waals surface area contributed by atoms with Crippen LogP contribution in [0.25, 0.3) is 0 Å². The summed E-state index contributed by atoms with van der Waals surface area (Å²) in [5.41, 5.74) is 0. The highest BCUT2D eigenvalue weighted by atomic mass is 32.1. The van der Waals surface area contributed by atoms with Crippen LogP contribution in [0.15, 0.2) is 0 Å². The van der Waals surface area contributed by atoms with E-state index in [2.05, 4.69) is 31.8 Å². The molecule has 3 heteroatoms. The highest BCUT2D eigenvalue weighted by Crippen LogP contribution is 2.10.